The van der Waals surface area contributed by atoms with E-state index in [9.17, 15) is 14.4 Å². The molecule has 0 N–H and O–H groups in total. The second-order valence-corrected chi connectivity index (χ2v) is 16.6. The van der Waals surface area contributed by atoms with E-state index in [1.165, 1.54) is 135 Å². The fourth-order valence-electron chi connectivity index (χ4n) is 6.75. The van der Waals surface area contributed by atoms with Crippen molar-refractivity contribution < 1.29 is 28.6 Å². The Morgan fingerprint density at radius 3 is 0.942 bits per heavy atom. The van der Waals surface area contributed by atoms with Crippen LogP contribution in [0.3, 0.4) is 0 Å². The summed E-state index contributed by atoms with van der Waals surface area (Å²) in [4.78, 5) is 37.7. The van der Waals surface area contributed by atoms with E-state index in [0.29, 0.717) is 19.3 Å². The molecule has 0 fully saturated rings. The molecule has 0 aliphatic rings. The first-order chi connectivity index (χ1) is 25.2. The molecule has 52 heavy (non-hydrogen) atoms. The largest absolute Gasteiger partial charge is 0.462 e. The minimum Gasteiger partial charge on any atom is -0.462 e. The molecule has 0 aliphatic heterocycles. The Labute approximate surface area is 323 Å². The van der Waals surface area contributed by atoms with Crippen LogP contribution < -0.4 is 0 Å². The predicted octanol–water partition coefficient (Wildman–Crippen LogP) is 14.2. The van der Waals surface area contributed by atoms with Crippen LogP contribution in [-0.2, 0) is 28.6 Å². The number of carbonyl (C=O) groups excluding carboxylic acids is 3. The standard InChI is InChI=1S/C46H88O6/c1-6-7-8-9-10-11-12-16-21-26-31-36-44(47)50-39-43(52-46(49)38-33-28-23-18-20-25-30-35-42(4)5)40-51-45(48)37-32-27-22-17-14-13-15-19-24-29-34-41(2)3/h41-43H,6-40H2,1-5H3/t43-/m0/s1. The SMILES string of the molecule is CCCCCCCCCCCCCC(=O)OC[C@@H](COC(=O)CCCCCCCCCCCCC(C)C)OC(=O)CCCCCCCCCC(C)C. The Balaban J connectivity index is 4.32. The topological polar surface area (TPSA) is 78.9 Å². The van der Waals surface area contributed by atoms with E-state index in [1.807, 2.05) is 0 Å². The van der Waals surface area contributed by atoms with E-state index >= 15 is 0 Å². The third-order valence-corrected chi connectivity index (χ3v) is 10.2. The van der Waals surface area contributed by atoms with Gasteiger partial charge in [0.1, 0.15) is 13.2 Å². The van der Waals surface area contributed by atoms with Crippen LogP contribution in [0.5, 0.6) is 0 Å². The minimum atomic E-state index is -0.760. The van der Waals surface area contributed by atoms with Gasteiger partial charge in [-0.25, -0.2) is 0 Å². The molecule has 6 nitrogen and oxygen atoms in total. The van der Waals surface area contributed by atoms with Gasteiger partial charge in [-0.1, -0.05) is 208 Å². The summed E-state index contributed by atoms with van der Waals surface area (Å²) in [5, 5.41) is 0. The average Bonchev–Trinajstić information content (AvgIpc) is 3.11. The molecule has 0 amide bonds. The molecule has 1 atom stereocenters. The number of hydrogen-bond acceptors (Lipinski definition) is 6. The zero-order valence-corrected chi connectivity index (χ0v) is 35.4. The number of esters is 3. The summed E-state index contributed by atoms with van der Waals surface area (Å²) >= 11 is 0. The second kappa shape index (κ2) is 39.1. The number of ether oxygens (including phenoxy) is 3. The van der Waals surface area contributed by atoms with Gasteiger partial charge in [0.15, 0.2) is 6.10 Å². The first-order valence-electron chi connectivity index (χ1n) is 22.7. The van der Waals surface area contributed by atoms with Crippen molar-refractivity contribution in [3.63, 3.8) is 0 Å². The number of rotatable bonds is 40. The Morgan fingerprint density at radius 1 is 0.365 bits per heavy atom. The van der Waals surface area contributed by atoms with Gasteiger partial charge in [-0.2, -0.15) is 0 Å². The van der Waals surface area contributed by atoms with Crippen LogP contribution in [0.2, 0.25) is 0 Å². The molecule has 6 heteroatoms. The highest BCUT2D eigenvalue weighted by Gasteiger charge is 2.19. The molecule has 0 rings (SSSR count). The Hall–Kier alpha value is -1.59. The van der Waals surface area contributed by atoms with Crippen molar-refractivity contribution in [2.24, 2.45) is 11.8 Å². The zero-order chi connectivity index (χ0) is 38.3. The van der Waals surface area contributed by atoms with Crippen LogP contribution in [-0.4, -0.2) is 37.2 Å². The number of unbranched alkanes of at least 4 members (excludes halogenated alkanes) is 25. The highest BCUT2D eigenvalue weighted by Crippen LogP contribution is 2.16. The zero-order valence-electron chi connectivity index (χ0n) is 35.4. The van der Waals surface area contributed by atoms with Gasteiger partial charge in [0.25, 0.3) is 0 Å². The van der Waals surface area contributed by atoms with Crippen molar-refractivity contribution in [3.05, 3.63) is 0 Å². The Morgan fingerprint density at radius 2 is 0.635 bits per heavy atom. The minimum absolute atomic E-state index is 0.0655. The molecule has 0 saturated carbocycles. The smallest absolute Gasteiger partial charge is 0.306 e. The second-order valence-electron chi connectivity index (χ2n) is 16.6. The lowest BCUT2D eigenvalue weighted by atomic mass is 10.0. The first-order valence-corrected chi connectivity index (χ1v) is 22.7. The maximum Gasteiger partial charge on any atom is 0.306 e. The third-order valence-electron chi connectivity index (χ3n) is 10.2. The van der Waals surface area contributed by atoms with E-state index in [4.69, 9.17) is 14.2 Å². The summed E-state index contributed by atoms with van der Waals surface area (Å²) in [6.07, 6.45) is 36.6. The summed E-state index contributed by atoms with van der Waals surface area (Å²) in [7, 11) is 0. The van der Waals surface area contributed by atoms with Gasteiger partial charge in [0, 0.05) is 19.3 Å². The summed E-state index contributed by atoms with van der Waals surface area (Å²) in [6.45, 7) is 11.3. The molecule has 0 aliphatic carbocycles. The lowest BCUT2D eigenvalue weighted by molar-refractivity contribution is -0.167. The van der Waals surface area contributed by atoms with Crippen molar-refractivity contribution in [2.45, 2.75) is 253 Å². The Kier molecular flexibility index (Phi) is 37.9. The van der Waals surface area contributed by atoms with E-state index in [-0.39, 0.29) is 31.1 Å². The van der Waals surface area contributed by atoms with Crippen LogP contribution in [0.25, 0.3) is 0 Å². The molecule has 0 aromatic carbocycles. The van der Waals surface area contributed by atoms with Gasteiger partial charge in [-0.3, -0.25) is 14.4 Å². The summed E-state index contributed by atoms with van der Waals surface area (Å²) in [6, 6.07) is 0. The van der Waals surface area contributed by atoms with Crippen molar-refractivity contribution in [1.82, 2.24) is 0 Å². The van der Waals surface area contributed by atoms with Crippen molar-refractivity contribution in [3.8, 4) is 0 Å². The molecule has 0 heterocycles. The van der Waals surface area contributed by atoms with E-state index in [2.05, 4.69) is 34.6 Å². The lowest BCUT2D eigenvalue weighted by Gasteiger charge is -2.18. The average molecular weight is 737 g/mol. The quantitative estimate of drug-likeness (QED) is 0.0354. The lowest BCUT2D eigenvalue weighted by Crippen LogP contribution is -2.30. The molecule has 0 unspecified atom stereocenters. The molecule has 308 valence electrons. The molecule has 0 bridgehead atoms. The molecular weight excluding hydrogens is 648 g/mol. The molecule has 0 aromatic heterocycles. The summed E-state index contributed by atoms with van der Waals surface area (Å²) in [5.41, 5.74) is 0. The molecule has 0 aromatic rings. The van der Waals surface area contributed by atoms with Crippen molar-refractivity contribution >= 4 is 17.9 Å². The maximum atomic E-state index is 12.7. The van der Waals surface area contributed by atoms with Gasteiger partial charge in [-0.05, 0) is 31.1 Å². The van der Waals surface area contributed by atoms with E-state index < -0.39 is 6.10 Å². The van der Waals surface area contributed by atoms with Crippen LogP contribution in [0.1, 0.15) is 247 Å². The van der Waals surface area contributed by atoms with Gasteiger partial charge < -0.3 is 14.2 Å². The third kappa shape index (κ3) is 39.6. The van der Waals surface area contributed by atoms with Crippen LogP contribution >= 0.6 is 0 Å². The number of hydrogen-bond donors (Lipinski definition) is 0. The molecule has 0 radical (unpaired) electrons. The van der Waals surface area contributed by atoms with Crippen LogP contribution in [0, 0.1) is 11.8 Å². The van der Waals surface area contributed by atoms with Crippen molar-refractivity contribution in [1.29, 1.82) is 0 Å². The van der Waals surface area contributed by atoms with Gasteiger partial charge in [0.2, 0.25) is 0 Å². The Bertz CT molecular complexity index is 794. The predicted molar refractivity (Wildman–Crippen MR) is 220 cm³/mol. The van der Waals surface area contributed by atoms with Crippen molar-refractivity contribution in [2.75, 3.05) is 13.2 Å². The highest BCUT2D eigenvalue weighted by molar-refractivity contribution is 5.71. The maximum absolute atomic E-state index is 12.7. The number of carbonyl (C=O) groups is 3. The van der Waals surface area contributed by atoms with Crippen LogP contribution in [0.4, 0.5) is 0 Å². The summed E-state index contributed by atoms with van der Waals surface area (Å²) < 4.78 is 16.7. The fourth-order valence-corrected chi connectivity index (χ4v) is 6.75. The molecule has 0 saturated heterocycles. The molecule has 0 spiro atoms. The molecular formula is C46H88O6. The van der Waals surface area contributed by atoms with E-state index in [0.717, 1.165) is 69.6 Å². The van der Waals surface area contributed by atoms with Gasteiger partial charge in [0.05, 0.1) is 0 Å². The monoisotopic (exact) mass is 737 g/mol. The first kappa shape index (κ1) is 50.4. The summed E-state index contributed by atoms with van der Waals surface area (Å²) in [5.74, 6) is 0.735. The van der Waals surface area contributed by atoms with Gasteiger partial charge in [-0.15, -0.1) is 0 Å². The van der Waals surface area contributed by atoms with Gasteiger partial charge >= 0.3 is 17.9 Å². The van der Waals surface area contributed by atoms with E-state index in [1.54, 1.807) is 0 Å². The van der Waals surface area contributed by atoms with Crippen LogP contribution in [0.15, 0.2) is 0 Å². The highest BCUT2D eigenvalue weighted by atomic mass is 16.6. The fraction of sp³-hybridized carbons (Fsp3) is 0.935. The normalized spacial score (nSPS) is 12.1.